The molecule has 126 valence electrons. The topological polar surface area (TPSA) is 95.1 Å². The van der Waals surface area contributed by atoms with Gasteiger partial charge in [0.1, 0.15) is 5.82 Å². The van der Waals surface area contributed by atoms with E-state index in [9.17, 15) is 14.7 Å². The molecule has 1 heterocycles. The molecule has 3 aromatic rings. The molecule has 0 aliphatic heterocycles. The predicted molar refractivity (Wildman–Crippen MR) is 94.8 cm³/mol. The second kappa shape index (κ2) is 7.19. The Bertz CT molecular complexity index is 919. The quantitative estimate of drug-likeness (QED) is 0.651. The van der Waals surface area contributed by atoms with Gasteiger partial charge in [-0.3, -0.25) is 9.89 Å². The van der Waals surface area contributed by atoms with Gasteiger partial charge in [-0.05, 0) is 29.3 Å². The normalized spacial score (nSPS) is 10.4. The number of aromatic nitrogens is 2. The maximum absolute atomic E-state index is 12.3. The van der Waals surface area contributed by atoms with Crippen LogP contribution in [0.4, 0.5) is 5.82 Å². The summed E-state index contributed by atoms with van der Waals surface area (Å²) < 4.78 is 0. The van der Waals surface area contributed by atoms with Gasteiger partial charge >= 0.3 is 5.97 Å². The van der Waals surface area contributed by atoms with Gasteiger partial charge in [-0.15, -0.1) is 0 Å². The summed E-state index contributed by atoms with van der Waals surface area (Å²) in [4.78, 5) is 23.5. The molecular weight excluding hydrogens is 342 g/mol. The minimum atomic E-state index is -1.06. The van der Waals surface area contributed by atoms with Crippen molar-refractivity contribution in [1.82, 2.24) is 10.2 Å². The van der Waals surface area contributed by atoms with E-state index in [-0.39, 0.29) is 17.9 Å². The second-order valence-corrected chi connectivity index (χ2v) is 5.79. The minimum Gasteiger partial charge on any atom is -0.478 e. The number of carboxylic acids is 1. The summed E-state index contributed by atoms with van der Waals surface area (Å²) in [5.74, 6) is -0.958. The first kappa shape index (κ1) is 16.7. The van der Waals surface area contributed by atoms with E-state index in [2.05, 4.69) is 15.5 Å². The average molecular weight is 356 g/mol. The largest absolute Gasteiger partial charge is 0.478 e. The fourth-order valence-electron chi connectivity index (χ4n) is 2.47. The zero-order chi connectivity index (χ0) is 17.8. The molecule has 0 spiro atoms. The van der Waals surface area contributed by atoms with E-state index in [4.69, 9.17) is 11.6 Å². The molecule has 0 aliphatic carbocycles. The van der Waals surface area contributed by atoms with Gasteiger partial charge < -0.3 is 10.4 Å². The number of amides is 1. The lowest BCUT2D eigenvalue weighted by molar-refractivity contribution is -0.115. The number of nitrogens with zero attached hydrogens (tertiary/aromatic N) is 1. The summed E-state index contributed by atoms with van der Waals surface area (Å²) in [5, 5.41) is 19.2. The third-order valence-corrected chi connectivity index (χ3v) is 3.91. The Morgan fingerprint density at radius 3 is 2.56 bits per heavy atom. The van der Waals surface area contributed by atoms with Crippen LogP contribution in [-0.4, -0.2) is 27.2 Å². The highest BCUT2D eigenvalue weighted by atomic mass is 35.5. The van der Waals surface area contributed by atoms with Crippen LogP contribution in [-0.2, 0) is 11.2 Å². The first-order valence-electron chi connectivity index (χ1n) is 7.45. The van der Waals surface area contributed by atoms with Crippen LogP contribution in [0.3, 0.4) is 0 Å². The van der Waals surface area contributed by atoms with Gasteiger partial charge in [0.2, 0.25) is 5.91 Å². The van der Waals surface area contributed by atoms with Gasteiger partial charge in [-0.25, -0.2) is 4.79 Å². The molecule has 6 nitrogen and oxygen atoms in total. The van der Waals surface area contributed by atoms with Crippen LogP contribution in [0.2, 0.25) is 5.02 Å². The van der Waals surface area contributed by atoms with E-state index in [1.165, 1.54) is 6.07 Å². The smallest absolute Gasteiger partial charge is 0.335 e. The van der Waals surface area contributed by atoms with Crippen molar-refractivity contribution in [2.75, 3.05) is 5.32 Å². The lowest BCUT2D eigenvalue weighted by atomic mass is 10.0. The van der Waals surface area contributed by atoms with Gasteiger partial charge in [0.05, 0.1) is 18.2 Å². The van der Waals surface area contributed by atoms with Crippen molar-refractivity contribution < 1.29 is 14.7 Å². The standard InChI is InChI=1S/C18H14ClN3O3/c19-13-7-5-11(6-8-13)15-10-20-22-17(15)21-16(23)9-12-3-1-2-4-14(12)18(24)25/h1-8,10H,9H2,(H,24,25)(H2,20,21,22,23). The molecular formula is C18H14ClN3O3. The lowest BCUT2D eigenvalue weighted by Crippen LogP contribution is -2.17. The molecule has 0 aliphatic rings. The van der Waals surface area contributed by atoms with Gasteiger partial charge in [0, 0.05) is 10.6 Å². The third-order valence-electron chi connectivity index (χ3n) is 3.66. The van der Waals surface area contributed by atoms with Crippen LogP contribution in [0.5, 0.6) is 0 Å². The SMILES string of the molecule is O=C(Cc1ccccc1C(=O)O)Nc1[nH]ncc1-c1ccc(Cl)cc1. The third kappa shape index (κ3) is 3.87. The summed E-state index contributed by atoms with van der Waals surface area (Å²) >= 11 is 5.89. The Kier molecular flexibility index (Phi) is 4.81. The number of carbonyl (C=O) groups excluding carboxylic acids is 1. The predicted octanol–water partition coefficient (Wildman–Crippen LogP) is 3.61. The van der Waals surface area contributed by atoms with E-state index < -0.39 is 5.97 Å². The summed E-state index contributed by atoms with van der Waals surface area (Å²) in [7, 11) is 0. The van der Waals surface area contributed by atoms with E-state index >= 15 is 0 Å². The Labute approximate surface area is 148 Å². The number of H-pyrrole nitrogens is 1. The van der Waals surface area contributed by atoms with Crippen LogP contribution in [0.25, 0.3) is 11.1 Å². The molecule has 7 heteroatoms. The van der Waals surface area contributed by atoms with Crippen LogP contribution >= 0.6 is 11.6 Å². The van der Waals surface area contributed by atoms with Crippen LogP contribution in [0.15, 0.2) is 54.7 Å². The molecule has 3 N–H and O–H groups in total. The summed E-state index contributed by atoms with van der Waals surface area (Å²) in [5.41, 5.74) is 2.12. The molecule has 0 saturated heterocycles. The second-order valence-electron chi connectivity index (χ2n) is 5.35. The number of halogens is 1. The first-order chi connectivity index (χ1) is 12.0. The van der Waals surface area contributed by atoms with Gasteiger partial charge in [-0.1, -0.05) is 41.9 Å². The molecule has 0 fully saturated rings. The first-order valence-corrected chi connectivity index (χ1v) is 7.83. The number of rotatable bonds is 5. The Morgan fingerprint density at radius 2 is 1.84 bits per heavy atom. The molecule has 1 amide bonds. The summed E-state index contributed by atoms with van der Waals surface area (Å²) in [6.45, 7) is 0. The number of aromatic carboxylic acids is 1. The Hall–Kier alpha value is -3.12. The number of anilines is 1. The number of carbonyl (C=O) groups is 2. The van der Waals surface area contributed by atoms with Crippen molar-refractivity contribution in [2.24, 2.45) is 0 Å². The Morgan fingerprint density at radius 1 is 1.12 bits per heavy atom. The number of benzene rings is 2. The lowest BCUT2D eigenvalue weighted by Gasteiger charge is -2.08. The zero-order valence-electron chi connectivity index (χ0n) is 13.0. The number of carboxylic acid groups (broad SMARTS) is 1. The van der Waals surface area contributed by atoms with Gasteiger partial charge in [0.15, 0.2) is 0 Å². The van der Waals surface area contributed by atoms with Crippen LogP contribution in [0.1, 0.15) is 15.9 Å². The van der Waals surface area contributed by atoms with Crippen LogP contribution in [0, 0.1) is 0 Å². The molecule has 3 rings (SSSR count). The van der Waals surface area contributed by atoms with E-state index in [0.29, 0.717) is 16.4 Å². The van der Waals surface area contributed by atoms with Gasteiger partial charge in [-0.2, -0.15) is 5.10 Å². The molecule has 0 saturated carbocycles. The summed E-state index contributed by atoms with van der Waals surface area (Å²) in [6.07, 6.45) is 1.55. The average Bonchev–Trinajstić information content (AvgIpc) is 3.03. The molecule has 0 radical (unpaired) electrons. The van der Waals surface area contributed by atoms with Crippen LogP contribution < -0.4 is 5.32 Å². The molecule has 25 heavy (non-hydrogen) atoms. The molecule has 0 bridgehead atoms. The molecule has 2 aromatic carbocycles. The number of nitrogens with one attached hydrogen (secondary N) is 2. The monoisotopic (exact) mass is 355 g/mol. The highest BCUT2D eigenvalue weighted by Gasteiger charge is 2.15. The van der Waals surface area contributed by atoms with Crippen molar-refractivity contribution in [3.8, 4) is 11.1 Å². The fraction of sp³-hybridized carbons (Fsp3) is 0.0556. The fourth-order valence-corrected chi connectivity index (χ4v) is 2.60. The minimum absolute atomic E-state index is 0.0540. The van der Waals surface area contributed by atoms with E-state index in [0.717, 1.165) is 11.1 Å². The number of hydrogen-bond donors (Lipinski definition) is 3. The summed E-state index contributed by atoms with van der Waals surface area (Å²) in [6, 6.07) is 13.6. The van der Waals surface area contributed by atoms with Crippen molar-refractivity contribution in [3.05, 3.63) is 70.9 Å². The maximum Gasteiger partial charge on any atom is 0.335 e. The van der Waals surface area contributed by atoms with Crippen molar-refractivity contribution in [3.63, 3.8) is 0 Å². The van der Waals surface area contributed by atoms with Crippen molar-refractivity contribution in [2.45, 2.75) is 6.42 Å². The Balaban J connectivity index is 1.78. The number of aromatic amines is 1. The highest BCUT2D eigenvalue weighted by molar-refractivity contribution is 6.30. The van der Waals surface area contributed by atoms with Crippen molar-refractivity contribution in [1.29, 1.82) is 0 Å². The molecule has 0 atom stereocenters. The van der Waals surface area contributed by atoms with E-state index in [1.807, 2.05) is 12.1 Å². The van der Waals surface area contributed by atoms with Gasteiger partial charge in [0.25, 0.3) is 0 Å². The molecule has 0 unspecified atom stereocenters. The van der Waals surface area contributed by atoms with Crippen molar-refractivity contribution >= 4 is 29.3 Å². The maximum atomic E-state index is 12.3. The molecule has 1 aromatic heterocycles. The van der Waals surface area contributed by atoms with E-state index in [1.54, 1.807) is 36.5 Å². The zero-order valence-corrected chi connectivity index (χ0v) is 13.7. The highest BCUT2D eigenvalue weighted by Crippen LogP contribution is 2.27. The number of hydrogen-bond acceptors (Lipinski definition) is 3.